The number of benzene rings is 4. The second kappa shape index (κ2) is 6.44. The van der Waals surface area contributed by atoms with Gasteiger partial charge in [0.1, 0.15) is 11.2 Å². The monoisotopic (exact) mass is 348 g/mol. The van der Waals surface area contributed by atoms with Gasteiger partial charge in [0.2, 0.25) is 0 Å². The molecule has 5 rings (SSSR count). The Hall–Kier alpha value is -3.32. The fourth-order valence-corrected chi connectivity index (χ4v) is 3.92. The lowest BCUT2D eigenvalue weighted by atomic mass is 9.98. The summed E-state index contributed by atoms with van der Waals surface area (Å²) in [6.07, 6.45) is 0.873. The van der Waals surface area contributed by atoms with Crippen LogP contribution in [0.4, 0.5) is 0 Å². The zero-order valence-corrected chi connectivity index (χ0v) is 15.3. The van der Waals surface area contributed by atoms with Gasteiger partial charge in [-0.25, -0.2) is 0 Å². The smallest absolute Gasteiger partial charge is 0.143 e. The fourth-order valence-electron chi connectivity index (χ4n) is 3.92. The molecule has 0 unspecified atom stereocenters. The first-order chi connectivity index (χ1) is 13.3. The summed E-state index contributed by atoms with van der Waals surface area (Å²) in [5, 5.41) is 2.37. The van der Waals surface area contributed by atoms with Crippen LogP contribution in [0.25, 0.3) is 33.1 Å². The molecule has 0 spiro atoms. The number of hydrogen-bond acceptors (Lipinski definition) is 1. The summed E-state index contributed by atoms with van der Waals surface area (Å²) in [7, 11) is 0. The summed E-state index contributed by atoms with van der Waals surface area (Å²) >= 11 is 0. The third-order valence-corrected chi connectivity index (χ3v) is 5.28. The maximum Gasteiger partial charge on any atom is 0.143 e. The van der Waals surface area contributed by atoms with E-state index in [0.29, 0.717) is 0 Å². The molecule has 0 amide bonds. The van der Waals surface area contributed by atoms with Crippen LogP contribution >= 0.6 is 0 Å². The van der Waals surface area contributed by atoms with Gasteiger partial charge in [-0.2, -0.15) is 0 Å². The van der Waals surface area contributed by atoms with Crippen LogP contribution in [0.2, 0.25) is 0 Å². The Bertz CT molecular complexity index is 1250. The van der Waals surface area contributed by atoms with Crippen molar-refractivity contribution in [2.45, 2.75) is 13.3 Å². The van der Waals surface area contributed by atoms with Crippen LogP contribution in [-0.2, 0) is 6.42 Å². The minimum atomic E-state index is 0.873. The molecule has 0 fully saturated rings. The normalized spacial score (nSPS) is 11.3. The Kier molecular flexibility index (Phi) is 3.79. The molecule has 0 aliphatic rings. The van der Waals surface area contributed by atoms with E-state index in [1.807, 2.05) is 0 Å². The highest BCUT2D eigenvalue weighted by Gasteiger charge is 2.15. The van der Waals surface area contributed by atoms with Gasteiger partial charge < -0.3 is 4.42 Å². The molecule has 0 aliphatic heterocycles. The average molecular weight is 348 g/mol. The van der Waals surface area contributed by atoms with E-state index in [1.54, 1.807) is 0 Å². The molecule has 1 heteroatoms. The second-order valence-electron chi connectivity index (χ2n) is 7.06. The van der Waals surface area contributed by atoms with Crippen LogP contribution in [-0.4, -0.2) is 0 Å². The number of furan rings is 1. The van der Waals surface area contributed by atoms with E-state index >= 15 is 0 Å². The van der Waals surface area contributed by atoms with Gasteiger partial charge in [0, 0.05) is 22.8 Å². The van der Waals surface area contributed by atoms with Crippen molar-refractivity contribution in [2.75, 3.05) is 0 Å². The van der Waals surface area contributed by atoms with Crippen LogP contribution < -0.4 is 0 Å². The molecule has 0 N–H and O–H groups in total. The SMILES string of the molecule is Cc1ccccc1-c1cccc2c1oc1c(Cc3ccccc3)cccc12. The van der Waals surface area contributed by atoms with Crippen LogP contribution in [0.3, 0.4) is 0 Å². The Morgan fingerprint density at radius 1 is 0.593 bits per heavy atom. The average Bonchev–Trinajstić information content (AvgIpc) is 3.09. The lowest BCUT2D eigenvalue weighted by Gasteiger charge is -2.06. The first-order valence-corrected chi connectivity index (χ1v) is 9.34. The summed E-state index contributed by atoms with van der Waals surface area (Å²) in [4.78, 5) is 0. The summed E-state index contributed by atoms with van der Waals surface area (Å²) in [6.45, 7) is 2.15. The van der Waals surface area contributed by atoms with Crippen LogP contribution in [0.15, 0.2) is 95.4 Å². The molecule has 0 aliphatic carbocycles. The van der Waals surface area contributed by atoms with Crippen LogP contribution in [0.1, 0.15) is 16.7 Å². The summed E-state index contributed by atoms with van der Waals surface area (Å²) < 4.78 is 6.50. The minimum absolute atomic E-state index is 0.873. The summed E-state index contributed by atoms with van der Waals surface area (Å²) in [5.74, 6) is 0. The van der Waals surface area contributed by atoms with E-state index in [-0.39, 0.29) is 0 Å². The number of aryl methyl sites for hydroxylation is 1. The van der Waals surface area contributed by atoms with Gasteiger partial charge in [0.15, 0.2) is 0 Å². The molecule has 5 aromatic rings. The molecule has 4 aromatic carbocycles. The van der Waals surface area contributed by atoms with Crippen molar-refractivity contribution < 1.29 is 4.42 Å². The largest absolute Gasteiger partial charge is 0.455 e. The van der Waals surface area contributed by atoms with E-state index in [2.05, 4.69) is 97.9 Å². The molecule has 1 aromatic heterocycles. The maximum atomic E-state index is 6.50. The standard InChI is InChI=1S/C26H20O/c1-18-9-5-6-13-21(18)22-15-8-16-24-23-14-7-12-20(25(23)27-26(22)24)17-19-10-3-2-4-11-19/h2-16H,17H2,1H3. The summed E-state index contributed by atoms with van der Waals surface area (Å²) in [5.41, 5.74) is 8.14. The Labute approximate surface area is 158 Å². The maximum absolute atomic E-state index is 6.50. The van der Waals surface area contributed by atoms with Crippen molar-refractivity contribution >= 4 is 21.9 Å². The van der Waals surface area contributed by atoms with E-state index in [1.165, 1.54) is 33.0 Å². The first-order valence-electron chi connectivity index (χ1n) is 9.34. The predicted octanol–water partition coefficient (Wildman–Crippen LogP) is 7.15. The number of para-hydroxylation sites is 2. The third kappa shape index (κ3) is 2.72. The Morgan fingerprint density at radius 2 is 1.26 bits per heavy atom. The van der Waals surface area contributed by atoms with Crippen molar-refractivity contribution in [2.24, 2.45) is 0 Å². The zero-order chi connectivity index (χ0) is 18.2. The highest BCUT2D eigenvalue weighted by Crippen LogP contribution is 2.38. The van der Waals surface area contributed by atoms with Gasteiger partial charge in [0.05, 0.1) is 0 Å². The molecule has 1 heterocycles. The minimum Gasteiger partial charge on any atom is -0.455 e. The van der Waals surface area contributed by atoms with E-state index < -0.39 is 0 Å². The Balaban J connectivity index is 1.74. The zero-order valence-electron chi connectivity index (χ0n) is 15.3. The van der Waals surface area contributed by atoms with Gasteiger partial charge in [0.25, 0.3) is 0 Å². The Morgan fingerprint density at radius 3 is 2.07 bits per heavy atom. The summed E-state index contributed by atoms with van der Waals surface area (Å²) in [6, 6.07) is 32.0. The molecular formula is C26H20O. The second-order valence-corrected chi connectivity index (χ2v) is 7.06. The molecule has 27 heavy (non-hydrogen) atoms. The molecule has 0 bridgehead atoms. The fraction of sp³-hybridized carbons (Fsp3) is 0.0769. The molecular weight excluding hydrogens is 328 g/mol. The van der Waals surface area contributed by atoms with E-state index in [4.69, 9.17) is 4.42 Å². The number of rotatable bonds is 3. The lowest BCUT2D eigenvalue weighted by molar-refractivity contribution is 0.665. The van der Waals surface area contributed by atoms with Gasteiger partial charge in [-0.05, 0) is 29.2 Å². The number of fused-ring (bicyclic) bond motifs is 3. The molecule has 1 nitrogen and oxygen atoms in total. The molecule has 0 saturated heterocycles. The predicted molar refractivity (Wildman–Crippen MR) is 113 cm³/mol. The first kappa shape index (κ1) is 15.9. The van der Waals surface area contributed by atoms with Crippen molar-refractivity contribution in [3.8, 4) is 11.1 Å². The molecule has 130 valence electrons. The van der Waals surface area contributed by atoms with Gasteiger partial charge in [-0.15, -0.1) is 0 Å². The van der Waals surface area contributed by atoms with Crippen molar-refractivity contribution in [3.63, 3.8) is 0 Å². The van der Waals surface area contributed by atoms with Gasteiger partial charge >= 0.3 is 0 Å². The molecule has 0 saturated carbocycles. The van der Waals surface area contributed by atoms with Crippen molar-refractivity contribution in [1.29, 1.82) is 0 Å². The molecule has 0 atom stereocenters. The molecule has 0 radical (unpaired) electrons. The van der Waals surface area contributed by atoms with Crippen LogP contribution in [0, 0.1) is 6.92 Å². The van der Waals surface area contributed by atoms with E-state index in [0.717, 1.165) is 23.2 Å². The van der Waals surface area contributed by atoms with Gasteiger partial charge in [-0.1, -0.05) is 91.0 Å². The topological polar surface area (TPSA) is 13.1 Å². The van der Waals surface area contributed by atoms with Crippen molar-refractivity contribution in [3.05, 3.63) is 108 Å². The highest BCUT2D eigenvalue weighted by atomic mass is 16.3. The third-order valence-electron chi connectivity index (χ3n) is 5.28. The number of hydrogen-bond donors (Lipinski definition) is 0. The van der Waals surface area contributed by atoms with Crippen molar-refractivity contribution in [1.82, 2.24) is 0 Å². The van der Waals surface area contributed by atoms with Gasteiger partial charge in [-0.3, -0.25) is 0 Å². The quantitative estimate of drug-likeness (QED) is 0.337. The highest BCUT2D eigenvalue weighted by molar-refractivity contribution is 6.10. The lowest BCUT2D eigenvalue weighted by Crippen LogP contribution is -1.87. The van der Waals surface area contributed by atoms with E-state index in [9.17, 15) is 0 Å². The van der Waals surface area contributed by atoms with Crippen LogP contribution in [0.5, 0.6) is 0 Å².